The molecule has 0 aliphatic carbocycles. The molecule has 0 spiro atoms. The Balaban J connectivity index is 2.09. The zero-order valence-electron chi connectivity index (χ0n) is 15.0. The van der Waals surface area contributed by atoms with Gasteiger partial charge in [-0.15, -0.1) is 0 Å². The SMILES string of the molecule is Cc1cccc(C)c1[N]1C=C[N](c2c(C)cccc2C)[Ge]1([CH3])[CH3]. The topological polar surface area (TPSA) is 6.48 Å². The van der Waals surface area contributed by atoms with Crippen molar-refractivity contribution in [2.24, 2.45) is 0 Å². The number of nitrogens with zero attached hydrogens (tertiary/aromatic N) is 2. The van der Waals surface area contributed by atoms with Gasteiger partial charge in [-0.1, -0.05) is 0 Å². The average molecular weight is 367 g/mol. The van der Waals surface area contributed by atoms with Gasteiger partial charge in [-0.05, 0) is 0 Å². The van der Waals surface area contributed by atoms with Crippen molar-refractivity contribution in [3.8, 4) is 0 Å². The van der Waals surface area contributed by atoms with Gasteiger partial charge in [0.2, 0.25) is 0 Å². The van der Waals surface area contributed by atoms with Crippen molar-refractivity contribution >= 4 is 25.1 Å². The van der Waals surface area contributed by atoms with E-state index in [0.717, 1.165) is 0 Å². The number of benzene rings is 2. The number of anilines is 2. The Morgan fingerprint density at radius 3 is 1.22 bits per heavy atom. The second-order valence-corrected chi connectivity index (χ2v) is 15.3. The van der Waals surface area contributed by atoms with E-state index >= 15 is 0 Å². The molecule has 3 rings (SSSR count). The zero-order chi connectivity index (χ0) is 16.8. The van der Waals surface area contributed by atoms with Crippen molar-refractivity contribution < 1.29 is 0 Å². The molecule has 23 heavy (non-hydrogen) atoms. The van der Waals surface area contributed by atoms with Gasteiger partial charge in [-0.2, -0.15) is 0 Å². The molecule has 1 aliphatic heterocycles. The fraction of sp³-hybridized carbons (Fsp3) is 0.300. The van der Waals surface area contributed by atoms with Crippen molar-refractivity contribution in [2.75, 3.05) is 7.71 Å². The van der Waals surface area contributed by atoms with Crippen molar-refractivity contribution in [3.05, 3.63) is 71.1 Å². The van der Waals surface area contributed by atoms with E-state index in [9.17, 15) is 0 Å². The molecule has 1 heterocycles. The van der Waals surface area contributed by atoms with E-state index in [1.54, 1.807) is 0 Å². The maximum atomic E-state index is 2.58. The van der Waals surface area contributed by atoms with E-state index in [1.165, 1.54) is 33.6 Å². The molecule has 2 aromatic carbocycles. The van der Waals surface area contributed by atoms with Crippen LogP contribution in [-0.2, 0) is 0 Å². The zero-order valence-corrected chi connectivity index (χ0v) is 17.1. The third kappa shape index (κ3) is 2.59. The Labute approximate surface area is 143 Å². The van der Waals surface area contributed by atoms with Gasteiger partial charge in [-0.3, -0.25) is 0 Å². The maximum absolute atomic E-state index is 2.58. The molecular weight excluding hydrogens is 341 g/mol. The minimum atomic E-state index is -2.45. The van der Waals surface area contributed by atoms with Crippen LogP contribution in [0.3, 0.4) is 0 Å². The second-order valence-electron chi connectivity index (χ2n) is 7.01. The molecule has 0 bridgehead atoms. The molecule has 0 atom stereocenters. The summed E-state index contributed by atoms with van der Waals surface area (Å²) in [6.07, 6.45) is 4.59. The summed E-state index contributed by atoms with van der Waals surface area (Å²) in [5, 5.41) is 0. The standard InChI is InChI=1S/C20H26GeN2/c1-15-9-7-10-16(2)19(15)22-13-14-23(21(22,5)6)20-17(3)11-8-12-18(20)4/h7-14H,1-6H3. The summed E-state index contributed by atoms with van der Waals surface area (Å²) in [6, 6.07) is 13.2. The predicted octanol–water partition coefficient (Wildman–Crippen LogP) is 5.42. The Bertz CT molecular complexity index is 673. The molecule has 0 radical (unpaired) electrons. The van der Waals surface area contributed by atoms with Crippen LogP contribution in [0.15, 0.2) is 48.8 Å². The fourth-order valence-corrected chi connectivity index (χ4v) is 9.76. The monoisotopic (exact) mass is 368 g/mol. The normalized spacial score (nSPS) is 16.3. The van der Waals surface area contributed by atoms with Crippen molar-refractivity contribution in [1.82, 2.24) is 0 Å². The number of para-hydroxylation sites is 2. The summed E-state index contributed by atoms with van der Waals surface area (Å²) in [6.45, 7) is 8.87. The molecule has 0 unspecified atom stereocenters. The fourth-order valence-electron chi connectivity index (χ4n) is 3.68. The first kappa shape index (κ1) is 16.2. The van der Waals surface area contributed by atoms with Gasteiger partial charge in [-0.25, -0.2) is 0 Å². The summed E-state index contributed by atoms with van der Waals surface area (Å²) in [7, 11) is 0. The van der Waals surface area contributed by atoms with E-state index in [4.69, 9.17) is 0 Å². The van der Waals surface area contributed by atoms with Gasteiger partial charge in [0.25, 0.3) is 0 Å². The van der Waals surface area contributed by atoms with Crippen LogP contribution in [0.5, 0.6) is 0 Å². The first-order valence-corrected chi connectivity index (χ1v) is 14.3. The molecule has 0 amide bonds. The van der Waals surface area contributed by atoms with Gasteiger partial charge in [0.15, 0.2) is 0 Å². The Morgan fingerprint density at radius 1 is 0.609 bits per heavy atom. The van der Waals surface area contributed by atoms with Crippen LogP contribution in [-0.4, -0.2) is 13.7 Å². The van der Waals surface area contributed by atoms with Crippen molar-refractivity contribution in [1.29, 1.82) is 0 Å². The summed E-state index contributed by atoms with van der Waals surface area (Å²) in [4.78, 5) is 0. The van der Waals surface area contributed by atoms with E-state index < -0.39 is 13.7 Å². The summed E-state index contributed by atoms with van der Waals surface area (Å²) in [5.74, 6) is 4.94. The second kappa shape index (κ2) is 5.75. The molecule has 0 aromatic heterocycles. The van der Waals surface area contributed by atoms with Crippen molar-refractivity contribution in [3.63, 3.8) is 0 Å². The van der Waals surface area contributed by atoms with E-state index in [0.29, 0.717) is 0 Å². The van der Waals surface area contributed by atoms with Crippen LogP contribution in [0.2, 0.25) is 11.5 Å². The molecule has 2 nitrogen and oxygen atoms in total. The molecule has 3 heteroatoms. The van der Waals surface area contributed by atoms with E-state index in [1.807, 2.05) is 0 Å². The molecule has 0 N–H and O–H groups in total. The van der Waals surface area contributed by atoms with Crippen LogP contribution >= 0.6 is 0 Å². The molecule has 0 saturated carbocycles. The van der Waals surface area contributed by atoms with E-state index in [2.05, 4.69) is 95.7 Å². The predicted molar refractivity (Wildman–Crippen MR) is 103 cm³/mol. The van der Waals surface area contributed by atoms with E-state index in [-0.39, 0.29) is 0 Å². The number of hydrogen-bond donors (Lipinski definition) is 0. The Morgan fingerprint density at radius 2 is 0.913 bits per heavy atom. The Hall–Kier alpha value is -1.68. The first-order chi connectivity index (χ1) is 10.8. The van der Waals surface area contributed by atoms with Crippen LogP contribution in [0.1, 0.15) is 22.3 Å². The van der Waals surface area contributed by atoms with Crippen LogP contribution in [0.25, 0.3) is 0 Å². The molecule has 0 fully saturated rings. The molecule has 2 aromatic rings. The molecule has 0 saturated heterocycles. The Kier molecular flexibility index (Phi) is 4.05. The third-order valence-corrected chi connectivity index (χ3v) is 11.4. The van der Waals surface area contributed by atoms with Gasteiger partial charge < -0.3 is 0 Å². The number of rotatable bonds is 2. The van der Waals surface area contributed by atoms with Gasteiger partial charge >= 0.3 is 143 Å². The minimum absolute atomic E-state index is 1.36. The molecule has 120 valence electrons. The molecular formula is C20H26GeN2. The van der Waals surface area contributed by atoms with Crippen LogP contribution in [0.4, 0.5) is 11.4 Å². The van der Waals surface area contributed by atoms with Crippen molar-refractivity contribution in [2.45, 2.75) is 39.2 Å². The number of aryl methyl sites for hydroxylation is 4. The van der Waals surface area contributed by atoms with Crippen LogP contribution < -0.4 is 7.71 Å². The molecule has 1 aliphatic rings. The summed E-state index contributed by atoms with van der Waals surface area (Å²) < 4.78 is 5.16. The summed E-state index contributed by atoms with van der Waals surface area (Å²) in [5.41, 5.74) is 8.21. The average Bonchev–Trinajstić information content (AvgIpc) is 2.75. The first-order valence-electron chi connectivity index (χ1n) is 8.23. The van der Waals surface area contributed by atoms with Gasteiger partial charge in [0.05, 0.1) is 0 Å². The van der Waals surface area contributed by atoms with Crippen LogP contribution in [0, 0.1) is 27.7 Å². The quantitative estimate of drug-likeness (QED) is 0.654. The summed E-state index contributed by atoms with van der Waals surface area (Å²) >= 11 is -2.45. The van der Waals surface area contributed by atoms with Gasteiger partial charge in [0.1, 0.15) is 0 Å². The number of hydrogen-bond acceptors (Lipinski definition) is 2. The third-order valence-electron chi connectivity index (χ3n) is 4.90. The van der Waals surface area contributed by atoms with Gasteiger partial charge in [0, 0.05) is 0 Å².